The Balaban J connectivity index is 2.69. The molecule has 0 atom stereocenters. The van der Waals surface area contributed by atoms with Crippen LogP contribution in [0.2, 0.25) is 10.0 Å². The van der Waals surface area contributed by atoms with Gasteiger partial charge in [-0.1, -0.05) is 29.3 Å². The van der Waals surface area contributed by atoms with Crippen molar-refractivity contribution >= 4 is 34.1 Å². The first-order valence-corrected chi connectivity index (χ1v) is 5.03. The van der Waals surface area contributed by atoms with Gasteiger partial charge in [-0.15, -0.1) is 0 Å². The number of nitrogens with zero attached hydrogens (tertiary/aromatic N) is 1. The lowest BCUT2D eigenvalue weighted by molar-refractivity contribution is 0.278. The molecule has 1 heterocycles. The highest BCUT2D eigenvalue weighted by molar-refractivity contribution is 6.45. The molecule has 0 aliphatic rings. The number of aromatic nitrogens is 1. The van der Waals surface area contributed by atoms with Crippen LogP contribution in [-0.4, -0.2) is 16.3 Å². The topological polar surface area (TPSA) is 25.2 Å². The van der Waals surface area contributed by atoms with Crippen LogP contribution in [0.3, 0.4) is 0 Å². The summed E-state index contributed by atoms with van der Waals surface area (Å²) in [5, 5.41) is 11.0. The SMILES string of the molecule is OCCn1ccc2ccc(Cl)c(Cl)c21. The van der Waals surface area contributed by atoms with Gasteiger partial charge < -0.3 is 9.67 Å². The van der Waals surface area contributed by atoms with Crippen LogP contribution < -0.4 is 0 Å². The van der Waals surface area contributed by atoms with Crippen LogP contribution in [0.4, 0.5) is 0 Å². The lowest BCUT2D eigenvalue weighted by Crippen LogP contribution is -2.00. The highest BCUT2D eigenvalue weighted by atomic mass is 35.5. The fraction of sp³-hybridized carbons (Fsp3) is 0.200. The molecule has 0 unspecified atom stereocenters. The molecule has 0 aliphatic heterocycles. The number of fused-ring (bicyclic) bond motifs is 1. The van der Waals surface area contributed by atoms with Crippen molar-refractivity contribution in [2.45, 2.75) is 6.54 Å². The first-order chi connectivity index (χ1) is 6.74. The molecule has 2 aromatic rings. The first-order valence-electron chi connectivity index (χ1n) is 4.27. The van der Waals surface area contributed by atoms with Crippen molar-refractivity contribution in [3.63, 3.8) is 0 Å². The summed E-state index contributed by atoms with van der Waals surface area (Å²) < 4.78 is 1.89. The van der Waals surface area contributed by atoms with E-state index in [9.17, 15) is 0 Å². The van der Waals surface area contributed by atoms with Crippen LogP contribution in [0.25, 0.3) is 10.9 Å². The second-order valence-electron chi connectivity index (χ2n) is 3.03. The van der Waals surface area contributed by atoms with Crippen LogP contribution in [0.5, 0.6) is 0 Å². The van der Waals surface area contributed by atoms with Crippen molar-refractivity contribution in [3.8, 4) is 0 Å². The van der Waals surface area contributed by atoms with Crippen LogP contribution >= 0.6 is 23.2 Å². The van der Waals surface area contributed by atoms with E-state index < -0.39 is 0 Å². The Labute approximate surface area is 91.7 Å². The van der Waals surface area contributed by atoms with Gasteiger partial charge in [-0.3, -0.25) is 0 Å². The summed E-state index contributed by atoms with van der Waals surface area (Å²) in [5.41, 5.74) is 0.883. The van der Waals surface area contributed by atoms with E-state index in [-0.39, 0.29) is 6.61 Å². The van der Waals surface area contributed by atoms with Crippen molar-refractivity contribution in [1.29, 1.82) is 0 Å². The highest BCUT2D eigenvalue weighted by Gasteiger charge is 2.07. The zero-order valence-corrected chi connectivity index (χ0v) is 8.89. The van der Waals surface area contributed by atoms with Gasteiger partial charge in [-0.25, -0.2) is 0 Å². The number of benzene rings is 1. The number of halogens is 2. The lowest BCUT2D eigenvalue weighted by atomic mass is 10.2. The summed E-state index contributed by atoms with van der Waals surface area (Å²) in [6.07, 6.45) is 1.89. The number of hydrogen-bond acceptors (Lipinski definition) is 1. The fourth-order valence-electron chi connectivity index (χ4n) is 1.52. The number of hydrogen-bond donors (Lipinski definition) is 1. The molecule has 2 nitrogen and oxygen atoms in total. The summed E-state index contributed by atoms with van der Waals surface area (Å²) >= 11 is 12.0. The first kappa shape index (κ1) is 9.84. The molecule has 0 bridgehead atoms. The van der Waals surface area contributed by atoms with Crippen LogP contribution in [0.15, 0.2) is 24.4 Å². The third-order valence-corrected chi connectivity index (χ3v) is 2.96. The van der Waals surface area contributed by atoms with E-state index in [0.717, 1.165) is 10.9 Å². The molecular weight excluding hydrogens is 221 g/mol. The minimum absolute atomic E-state index is 0.0899. The van der Waals surface area contributed by atoms with Gasteiger partial charge in [-0.05, 0) is 12.1 Å². The molecule has 0 spiro atoms. The van der Waals surface area contributed by atoms with Crippen LogP contribution in [0.1, 0.15) is 0 Å². The van der Waals surface area contributed by atoms with Crippen molar-refractivity contribution < 1.29 is 5.11 Å². The maximum Gasteiger partial charge on any atom is 0.0835 e. The summed E-state index contributed by atoms with van der Waals surface area (Å²) in [7, 11) is 0. The largest absolute Gasteiger partial charge is 0.395 e. The number of aliphatic hydroxyl groups excluding tert-OH is 1. The molecular formula is C10H9Cl2NO. The van der Waals surface area contributed by atoms with Gasteiger partial charge in [0.25, 0.3) is 0 Å². The summed E-state index contributed by atoms with van der Waals surface area (Å²) in [4.78, 5) is 0. The third kappa shape index (κ3) is 1.50. The second kappa shape index (κ2) is 3.81. The fourth-order valence-corrected chi connectivity index (χ4v) is 1.95. The van der Waals surface area contributed by atoms with Gasteiger partial charge in [0.1, 0.15) is 0 Å². The Hall–Kier alpha value is -0.700. The minimum atomic E-state index is 0.0899. The molecule has 14 heavy (non-hydrogen) atoms. The molecule has 0 amide bonds. The van der Waals surface area contributed by atoms with Crippen LogP contribution in [-0.2, 0) is 6.54 Å². The van der Waals surface area contributed by atoms with Gasteiger partial charge in [0.05, 0.1) is 22.2 Å². The van der Waals surface area contributed by atoms with Crippen LogP contribution in [0, 0.1) is 0 Å². The molecule has 0 saturated heterocycles. The Morgan fingerprint density at radius 2 is 2.00 bits per heavy atom. The normalized spacial score (nSPS) is 11.1. The van der Waals surface area contributed by atoms with E-state index in [4.69, 9.17) is 28.3 Å². The third-order valence-electron chi connectivity index (χ3n) is 2.16. The molecule has 74 valence electrons. The average molecular weight is 230 g/mol. The van der Waals surface area contributed by atoms with Gasteiger partial charge in [0.2, 0.25) is 0 Å². The number of aliphatic hydroxyl groups is 1. The van der Waals surface area contributed by atoms with E-state index in [0.29, 0.717) is 16.6 Å². The maximum absolute atomic E-state index is 8.86. The second-order valence-corrected chi connectivity index (χ2v) is 3.82. The highest BCUT2D eigenvalue weighted by Crippen LogP contribution is 2.31. The molecule has 2 rings (SSSR count). The predicted molar refractivity (Wildman–Crippen MR) is 59.0 cm³/mol. The van der Waals surface area contributed by atoms with Crippen molar-refractivity contribution in [1.82, 2.24) is 4.57 Å². The minimum Gasteiger partial charge on any atom is -0.395 e. The lowest BCUT2D eigenvalue weighted by Gasteiger charge is -2.05. The quantitative estimate of drug-likeness (QED) is 0.842. The van der Waals surface area contributed by atoms with Gasteiger partial charge in [-0.2, -0.15) is 0 Å². The number of rotatable bonds is 2. The Morgan fingerprint density at radius 3 is 2.71 bits per heavy atom. The van der Waals surface area contributed by atoms with E-state index in [2.05, 4.69) is 0 Å². The smallest absolute Gasteiger partial charge is 0.0835 e. The summed E-state index contributed by atoms with van der Waals surface area (Å²) in [6, 6.07) is 5.64. The Bertz CT molecular complexity index is 464. The van der Waals surface area contributed by atoms with E-state index in [1.165, 1.54) is 0 Å². The standard InChI is InChI=1S/C10H9Cl2NO/c11-8-2-1-7-3-4-13(5-6-14)10(7)9(8)12/h1-4,14H,5-6H2. The van der Waals surface area contributed by atoms with Crippen molar-refractivity contribution in [2.75, 3.05) is 6.61 Å². The molecule has 0 radical (unpaired) electrons. The van der Waals surface area contributed by atoms with Crippen molar-refractivity contribution in [3.05, 3.63) is 34.4 Å². The molecule has 1 aromatic heterocycles. The molecule has 1 N–H and O–H groups in total. The maximum atomic E-state index is 8.86. The van der Waals surface area contributed by atoms with Gasteiger partial charge in [0, 0.05) is 18.1 Å². The summed E-state index contributed by atoms with van der Waals surface area (Å²) in [5.74, 6) is 0. The van der Waals surface area contributed by atoms with Gasteiger partial charge >= 0.3 is 0 Å². The molecule has 0 aliphatic carbocycles. The molecule has 4 heteroatoms. The molecule has 0 saturated carbocycles. The molecule has 0 fully saturated rings. The zero-order chi connectivity index (χ0) is 10.1. The van der Waals surface area contributed by atoms with E-state index in [1.54, 1.807) is 6.07 Å². The Morgan fingerprint density at radius 1 is 1.21 bits per heavy atom. The van der Waals surface area contributed by atoms with E-state index in [1.807, 2.05) is 22.9 Å². The monoisotopic (exact) mass is 229 g/mol. The Kier molecular flexibility index (Phi) is 2.68. The predicted octanol–water partition coefficient (Wildman–Crippen LogP) is 2.94. The average Bonchev–Trinajstić information content (AvgIpc) is 2.57. The summed E-state index contributed by atoms with van der Waals surface area (Å²) in [6.45, 7) is 0.621. The zero-order valence-electron chi connectivity index (χ0n) is 7.37. The van der Waals surface area contributed by atoms with E-state index >= 15 is 0 Å². The van der Waals surface area contributed by atoms with Gasteiger partial charge in [0.15, 0.2) is 0 Å². The van der Waals surface area contributed by atoms with Crippen molar-refractivity contribution in [2.24, 2.45) is 0 Å². The molecule has 1 aromatic carbocycles.